The van der Waals surface area contributed by atoms with Crippen LogP contribution in [0.4, 0.5) is 0 Å². The number of aldehydes is 1. The van der Waals surface area contributed by atoms with Crippen molar-refractivity contribution in [1.82, 2.24) is 0 Å². The number of carbonyl (C=O) groups excluding carboxylic acids is 2. The zero-order valence-corrected chi connectivity index (χ0v) is 10.6. The summed E-state index contributed by atoms with van der Waals surface area (Å²) in [5.74, 6) is -1.24. The molecule has 20 heavy (non-hydrogen) atoms. The molecule has 1 N–H and O–H groups in total. The number of carboxylic acids is 1. The summed E-state index contributed by atoms with van der Waals surface area (Å²) in [5, 5.41) is 8.86. The first-order valence-corrected chi connectivity index (χ1v) is 6.01. The van der Waals surface area contributed by atoms with Crippen LogP contribution in [0.15, 0.2) is 48.5 Å². The summed E-state index contributed by atoms with van der Waals surface area (Å²) < 4.78 is 0. The first-order valence-electron chi connectivity index (χ1n) is 6.01. The number of benzene rings is 2. The summed E-state index contributed by atoms with van der Waals surface area (Å²) in [6.07, 6.45) is 0.501. The zero-order valence-electron chi connectivity index (χ0n) is 10.6. The first kappa shape index (κ1) is 13.7. The van der Waals surface area contributed by atoms with Gasteiger partial charge in [0.05, 0.1) is 6.42 Å². The maximum Gasteiger partial charge on any atom is 0.307 e. The van der Waals surface area contributed by atoms with Crippen LogP contribution in [0.5, 0.6) is 0 Å². The van der Waals surface area contributed by atoms with Crippen LogP contribution in [0.2, 0.25) is 0 Å². The third-order valence-electron chi connectivity index (χ3n) is 2.91. The van der Waals surface area contributed by atoms with Gasteiger partial charge in [-0.15, -0.1) is 0 Å². The Morgan fingerprint density at radius 3 is 2.25 bits per heavy atom. The second-order valence-corrected chi connectivity index (χ2v) is 4.30. The maximum absolute atomic E-state index is 12.4. The van der Waals surface area contributed by atoms with Gasteiger partial charge in [0.1, 0.15) is 6.29 Å². The fraction of sp³-hybridized carbons (Fsp3) is 0.0625. The van der Waals surface area contributed by atoms with E-state index < -0.39 is 5.97 Å². The predicted molar refractivity (Wildman–Crippen MR) is 73.0 cm³/mol. The number of carbonyl (C=O) groups is 3. The summed E-state index contributed by atoms with van der Waals surface area (Å²) in [4.78, 5) is 33.8. The highest BCUT2D eigenvalue weighted by molar-refractivity contribution is 6.10. The van der Waals surface area contributed by atoms with Crippen LogP contribution in [0.25, 0.3) is 0 Å². The van der Waals surface area contributed by atoms with Gasteiger partial charge in [-0.25, -0.2) is 0 Å². The minimum absolute atomic E-state index is 0.200. The molecule has 2 aromatic rings. The molecule has 4 nitrogen and oxygen atoms in total. The van der Waals surface area contributed by atoms with Gasteiger partial charge in [-0.1, -0.05) is 48.5 Å². The normalized spacial score (nSPS) is 10.0. The van der Waals surface area contributed by atoms with Crippen molar-refractivity contribution >= 4 is 18.0 Å². The molecule has 0 bridgehead atoms. The summed E-state index contributed by atoms with van der Waals surface area (Å²) in [5.41, 5.74) is 1.76. The Hall–Kier alpha value is -2.75. The molecule has 0 saturated carbocycles. The number of aliphatic carboxylic acids is 1. The predicted octanol–water partition coefficient (Wildman–Crippen LogP) is 2.36. The summed E-state index contributed by atoms with van der Waals surface area (Å²) in [7, 11) is 0. The molecule has 0 radical (unpaired) electrons. The molecule has 0 atom stereocenters. The van der Waals surface area contributed by atoms with E-state index in [-0.39, 0.29) is 12.2 Å². The van der Waals surface area contributed by atoms with E-state index in [4.69, 9.17) is 5.11 Å². The van der Waals surface area contributed by atoms with Gasteiger partial charge < -0.3 is 5.11 Å². The molecule has 100 valence electrons. The molecule has 0 fully saturated rings. The fourth-order valence-electron chi connectivity index (χ4n) is 1.93. The molecule has 2 rings (SSSR count). The quantitative estimate of drug-likeness (QED) is 0.667. The highest BCUT2D eigenvalue weighted by Crippen LogP contribution is 2.16. The molecule has 0 aliphatic heterocycles. The van der Waals surface area contributed by atoms with Crippen LogP contribution in [-0.2, 0) is 11.2 Å². The smallest absolute Gasteiger partial charge is 0.307 e. The maximum atomic E-state index is 12.4. The third-order valence-corrected chi connectivity index (χ3v) is 2.91. The molecular formula is C16H12O4. The van der Waals surface area contributed by atoms with Crippen LogP contribution in [-0.4, -0.2) is 23.1 Å². The lowest BCUT2D eigenvalue weighted by Crippen LogP contribution is -2.09. The first-order chi connectivity index (χ1) is 9.61. The summed E-state index contributed by atoms with van der Waals surface area (Å²) >= 11 is 0. The van der Waals surface area contributed by atoms with Gasteiger partial charge in [-0.2, -0.15) is 0 Å². The molecule has 0 spiro atoms. The molecule has 0 amide bonds. The SMILES string of the molecule is O=Cc1ccc(C(=O)c2ccccc2CC(=O)O)cc1. The van der Waals surface area contributed by atoms with Gasteiger partial charge >= 0.3 is 5.97 Å². The lowest BCUT2D eigenvalue weighted by Gasteiger charge is -2.07. The molecular weight excluding hydrogens is 256 g/mol. The van der Waals surface area contributed by atoms with E-state index in [1.54, 1.807) is 48.5 Å². The summed E-state index contributed by atoms with van der Waals surface area (Å²) in [6, 6.07) is 12.9. The van der Waals surface area contributed by atoms with Gasteiger partial charge in [0.2, 0.25) is 0 Å². The molecule has 4 heteroatoms. The van der Waals surface area contributed by atoms with Crippen molar-refractivity contribution in [2.75, 3.05) is 0 Å². The average molecular weight is 268 g/mol. The van der Waals surface area contributed by atoms with E-state index in [9.17, 15) is 14.4 Å². The third kappa shape index (κ3) is 2.98. The van der Waals surface area contributed by atoms with Crippen molar-refractivity contribution in [1.29, 1.82) is 0 Å². The minimum atomic E-state index is -0.985. The Morgan fingerprint density at radius 1 is 1.00 bits per heavy atom. The van der Waals surface area contributed by atoms with E-state index in [1.165, 1.54) is 0 Å². The van der Waals surface area contributed by atoms with Crippen LogP contribution in [0.1, 0.15) is 31.8 Å². The lowest BCUT2D eigenvalue weighted by molar-refractivity contribution is -0.136. The highest BCUT2D eigenvalue weighted by Gasteiger charge is 2.14. The molecule has 0 aliphatic rings. The van der Waals surface area contributed by atoms with E-state index in [2.05, 4.69) is 0 Å². The second kappa shape index (κ2) is 5.93. The average Bonchev–Trinajstić information content (AvgIpc) is 2.46. The van der Waals surface area contributed by atoms with E-state index in [0.717, 1.165) is 0 Å². The Morgan fingerprint density at radius 2 is 1.65 bits per heavy atom. The molecule has 0 aliphatic carbocycles. The van der Waals surface area contributed by atoms with Crippen LogP contribution >= 0.6 is 0 Å². The van der Waals surface area contributed by atoms with Crippen molar-refractivity contribution in [3.63, 3.8) is 0 Å². The van der Waals surface area contributed by atoms with Crippen molar-refractivity contribution in [2.45, 2.75) is 6.42 Å². The van der Waals surface area contributed by atoms with Crippen molar-refractivity contribution in [3.8, 4) is 0 Å². The van der Waals surface area contributed by atoms with Gasteiger partial charge in [0, 0.05) is 16.7 Å². The van der Waals surface area contributed by atoms with Crippen molar-refractivity contribution in [3.05, 3.63) is 70.8 Å². The molecule has 0 aromatic heterocycles. The van der Waals surface area contributed by atoms with Gasteiger partial charge in [0.25, 0.3) is 0 Å². The lowest BCUT2D eigenvalue weighted by atomic mass is 9.96. The number of hydrogen-bond donors (Lipinski definition) is 1. The van der Waals surface area contributed by atoms with Gasteiger partial charge in [0.15, 0.2) is 5.78 Å². The Bertz CT molecular complexity index is 656. The molecule has 2 aromatic carbocycles. The van der Waals surface area contributed by atoms with E-state index >= 15 is 0 Å². The minimum Gasteiger partial charge on any atom is -0.481 e. The number of ketones is 1. The Kier molecular flexibility index (Phi) is 4.05. The number of hydrogen-bond acceptors (Lipinski definition) is 3. The zero-order chi connectivity index (χ0) is 14.5. The van der Waals surface area contributed by atoms with Crippen LogP contribution < -0.4 is 0 Å². The topological polar surface area (TPSA) is 71.4 Å². The number of carboxylic acid groups (broad SMARTS) is 1. The van der Waals surface area contributed by atoms with Gasteiger partial charge in [-0.3, -0.25) is 14.4 Å². The van der Waals surface area contributed by atoms with Crippen LogP contribution in [0.3, 0.4) is 0 Å². The largest absolute Gasteiger partial charge is 0.481 e. The second-order valence-electron chi connectivity index (χ2n) is 4.30. The highest BCUT2D eigenvalue weighted by atomic mass is 16.4. The van der Waals surface area contributed by atoms with Crippen molar-refractivity contribution < 1.29 is 19.5 Å². The van der Waals surface area contributed by atoms with E-state index in [0.29, 0.717) is 28.5 Å². The molecule has 0 unspecified atom stereocenters. The van der Waals surface area contributed by atoms with Crippen LogP contribution in [0, 0.1) is 0 Å². The molecule has 0 saturated heterocycles. The molecule has 0 heterocycles. The standard InChI is InChI=1S/C16H12O4/c17-10-11-5-7-12(8-6-11)16(20)14-4-2-1-3-13(14)9-15(18)19/h1-8,10H,9H2,(H,18,19). The van der Waals surface area contributed by atoms with Gasteiger partial charge in [-0.05, 0) is 5.56 Å². The Labute approximate surface area is 115 Å². The fourth-order valence-corrected chi connectivity index (χ4v) is 1.93. The monoisotopic (exact) mass is 268 g/mol. The van der Waals surface area contributed by atoms with Crippen molar-refractivity contribution in [2.24, 2.45) is 0 Å². The number of rotatable bonds is 5. The van der Waals surface area contributed by atoms with E-state index in [1.807, 2.05) is 0 Å². The Balaban J connectivity index is 2.37. The summed E-state index contributed by atoms with van der Waals surface area (Å²) in [6.45, 7) is 0.